The van der Waals surface area contributed by atoms with E-state index in [1.807, 2.05) is 0 Å². The van der Waals surface area contributed by atoms with Crippen molar-refractivity contribution in [1.29, 1.82) is 0 Å². The molecule has 0 saturated carbocycles. The monoisotopic (exact) mass is 298 g/mol. The summed E-state index contributed by atoms with van der Waals surface area (Å²) in [6, 6.07) is 1.80. The van der Waals surface area contributed by atoms with Gasteiger partial charge in [-0.1, -0.05) is 11.6 Å². The van der Waals surface area contributed by atoms with Crippen molar-refractivity contribution >= 4 is 23.4 Å². The highest BCUT2D eigenvalue weighted by atomic mass is 35.5. The van der Waals surface area contributed by atoms with Crippen LogP contribution < -0.4 is 9.80 Å². The van der Waals surface area contributed by atoms with E-state index in [-0.39, 0.29) is 6.61 Å². The number of rotatable bonds is 3. The van der Waals surface area contributed by atoms with Gasteiger partial charge >= 0.3 is 0 Å². The van der Waals surface area contributed by atoms with Crippen LogP contribution in [0.4, 0.5) is 11.8 Å². The summed E-state index contributed by atoms with van der Waals surface area (Å²) in [5, 5.41) is 9.69. The van der Waals surface area contributed by atoms with E-state index in [0.29, 0.717) is 30.2 Å². The molecule has 6 nitrogen and oxygen atoms in total. The van der Waals surface area contributed by atoms with Crippen molar-refractivity contribution in [3.63, 3.8) is 0 Å². The lowest BCUT2D eigenvalue weighted by atomic mass is 10.1. The first-order valence-electron chi connectivity index (χ1n) is 6.99. The van der Waals surface area contributed by atoms with Gasteiger partial charge in [0.05, 0.1) is 13.2 Å². The lowest BCUT2D eigenvalue weighted by molar-refractivity contribution is 0.122. The zero-order valence-corrected chi connectivity index (χ0v) is 12.1. The Hall–Kier alpha value is -1.11. The van der Waals surface area contributed by atoms with Crippen molar-refractivity contribution < 1.29 is 9.84 Å². The lowest BCUT2D eigenvalue weighted by Crippen LogP contribution is -2.37. The second-order valence-electron chi connectivity index (χ2n) is 5.23. The molecule has 2 aliphatic heterocycles. The second-order valence-corrected chi connectivity index (χ2v) is 5.62. The van der Waals surface area contributed by atoms with Crippen molar-refractivity contribution in [2.24, 2.45) is 5.92 Å². The molecule has 0 amide bonds. The van der Waals surface area contributed by atoms with Gasteiger partial charge in [0.1, 0.15) is 11.0 Å². The number of halogens is 1. The van der Waals surface area contributed by atoms with E-state index in [0.717, 1.165) is 38.4 Å². The van der Waals surface area contributed by atoms with Gasteiger partial charge in [-0.15, -0.1) is 0 Å². The first-order chi connectivity index (χ1) is 9.76. The number of aliphatic hydroxyl groups is 1. The maximum absolute atomic E-state index is 9.23. The highest BCUT2D eigenvalue weighted by Crippen LogP contribution is 2.25. The van der Waals surface area contributed by atoms with Crippen LogP contribution in [0.5, 0.6) is 0 Å². The number of anilines is 2. The summed E-state index contributed by atoms with van der Waals surface area (Å²) in [6.45, 7) is 4.96. The van der Waals surface area contributed by atoms with Crippen molar-refractivity contribution in [1.82, 2.24) is 9.97 Å². The van der Waals surface area contributed by atoms with E-state index < -0.39 is 0 Å². The molecule has 20 heavy (non-hydrogen) atoms. The molecule has 1 atom stereocenters. The maximum Gasteiger partial charge on any atom is 0.228 e. The van der Waals surface area contributed by atoms with Crippen LogP contribution in [-0.2, 0) is 4.74 Å². The van der Waals surface area contributed by atoms with Crippen LogP contribution >= 0.6 is 11.6 Å². The Morgan fingerprint density at radius 3 is 2.75 bits per heavy atom. The van der Waals surface area contributed by atoms with E-state index in [9.17, 15) is 5.11 Å². The largest absolute Gasteiger partial charge is 0.396 e. The van der Waals surface area contributed by atoms with E-state index in [4.69, 9.17) is 16.3 Å². The standard InChI is InChI=1S/C13H19ClN4O2/c14-11-7-12(17-3-5-20-6-4-17)16-13(15-11)18-2-1-10(8-18)9-19/h7,10,19H,1-6,8-9H2. The normalized spacial score (nSPS) is 23.4. The summed E-state index contributed by atoms with van der Waals surface area (Å²) < 4.78 is 5.35. The van der Waals surface area contributed by atoms with E-state index in [1.165, 1.54) is 0 Å². The molecular weight excluding hydrogens is 280 g/mol. The third-order valence-corrected chi connectivity index (χ3v) is 4.03. The van der Waals surface area contributed by atoms with Gasteiger partial charge in [0.2, 0.25) is 5.95 Å². The predicted octanol–water partition coefficient (Wildman–Crippen LogP) is 0.785. The van der Waals surface area contributed by atoms with E-state index >= 15 is 0 Å². The minimum absolute atomic E-state index is 0.216. The molecule has 1 aromatic rings. The molecule has 2 aliphatic rings. The number of nitrogens with zero attached hydrogens (tertiary/aromatic N) is 4. The molecule has 110 valence electrons. The molecule has 0 aliphatic carbocycles. The summed E-state index contributed by atoms with van der Waals surface area (Å²) in [5.41, 5.74) is 0. The van der Waals surface area contributed by atoms with Crippen LogP contribution in [0.3, 0.4) is 0 Å². The van der Waals surface area contributed by atoms with Crippen molar-refractivity contribution in [2.45, 2.75) is 6.42 Å². The summed E-state index contributed by atoms with van der Waals surface area (Å²) >= 11 is 6.13. The van der Waals surface area contributed by atoms with Gasteiger partial charge < -0.3 is 19.6 Å². The smallest absolute Gasteiger partial charge is 0.228 e. The first-order valence-corrected chi connectivity index (χ1v) is 7.37. The Balaban J connectivity index is 1.79. The molecule has 3 heterocycles. The number of aromatic nitrogens is 2. The highest BCUT2D eigenvalue weighted by molar-refractivity contribution is 6.29. The molecule has 7 heteroatoms. The molecule has 1 unspecified atom stereocenters. The van der Waals surface area contributed by atoms with Gasteiger partial charge in [-0.3, -0.25) is 0 Å². The Kier molecular flexibility index (Phi) is 4.24. The molecule has 0 aromatic carbocycles. The van der Waals surface area contributed by atoms with Crippen LogP contribution in [-0.4, -0.2) is 61.1 Å². The van der Waals surface area contributed by atoms with E-state index in [1.54, 1.807) is 6.07 Å². The van der Waals surface area contributed by atoms with Crippen molar-refractivity contribution in [2.75, 3.05) is 55.8 Å². The summed E-state index contributed by atoms with van der Waals surface area (Å²) in [5.74, 6) is 1.83. The zero-order valence-electron chi connectivity index (χ0n) is 11.3. The van der Waals surface area contributed by atoms with Crippen LogP contribution in [0.2, 0.25) is 5.15 Å². The zero-order chi connectivity index (χ0) is 13.9. The minimum Gasteiger partial charge on any atom is -0.396 e. The lowest BCUT2D eigenvalue weighted by Gasteiger charge is -2.28. The summed E-state index contributed by atoms with van der Waals surface area (Å²) in [4.78, 5) is 13.2. The number of morpholine rings is 1. The fraction of sp³-hybridized carbons (Fsp3) is 0.692. The summed E-state index contributed by atoms with van der Waals surface area (Å²) in [6.07, 6.45) is 0.971. The van der Waals surface area contributed by atoms with Crippen LogP contribution in [0.25, 0.3) is 0 Å². The Morgan fingerprint density at radius 2 is 2.05 bits per heavy atom. The minimum atomic E-state index is 0.216. The number of ether oxygens (including phenoxy) is 1. The maximum atomic E-state index is 9.23. The molecule has 2 saturated heterocycles. The Morgan fingerprint density at radius 1 is 1.25 bits per heavy atom. The quantitative estimate of drug-likeness (QED) is 0.833. The third-order valence-electron chi connectivity index (χ3n) is 3.83. The molecule has 2 fully saturated rings. The first kappa shape index (κ1) is 13.9. The Bertz CT molecular complexity index is 468. The molecule has 1 aromatic heterocycles. The third kappa shape index (κ3) is 2.97. The van der Waals surface area contributed by atoms with Gasteiger partial charge in [0, 0.05) is 44.8 Å². The van der Waals surface area contributed by atoms with Gasteiger partial charge in [0.15, 0.2) is 0 Å². The number of aliphatic hydroxyl groups excluding tert-OH is 1. The van der Waals surface area contributed by atoms with Gasteiger partial charge in [0.25, 0.3) is 0 Å². The Labute approximate surface area is 123 Å². The van der Waals surface area contributed by atoms with Gasteiger partial charge in [-0.2, -0.15) is 4.98 Å². The SMILES string of the molecule is OCC1CCN(c2nc(Cl)cc(N3CCOCC3)n2)C1. The molecule has 0 radical (unpaired) electrons. The van der Waals surface area contributed by atoms with Gasteiger partial charge in [-0.05, 0) is 6.42 Å². The average Bonchev–Trinajstić information content (AvgIpc) is 2.96. The molecule has 0 spiro atoms. The van der Waals surface area contributed by atoms with Crippen molar-refractivity contribution in [3.05, 3.63) is 11.2 Å². The van der Waals surface area contributed by atoms with Crippen LogP contribution in [0, 0.1) is 5.92 Å². The molecular formula is C13H19ClN4O2. The van der Waals surface area contributed by atoms with Crippen molar-refractivity contribution in [3.8, 4) is 0 Å². The predicted molar refractivity (Wildman–Crippen MR) is 77.5 cm³/mol. The average molecular weight is 299 g/mol. The van der Waals surface area contributed by atoms with E-state index in [2.05, 4.69) is 19.8 Å². The van der Waals surface area contributed by atoms with Gasteiger partial charge in [-0.25, -0.2) is 4.98 Å². The molecule has 3 rings (SSSR count). The fourth-order valence-corrected chi connectivity index (χ4v) is 2.83. The van der Waals surface area contributed by atoms with Crippen LogP contribution in [0.1, 0.15) is 6.42 Å². The second kappa shape index (κ2) is 6.11. The summed E-state index contributed by atoms with van der Waals surface area (Å²) in [7, 11) is 0. The topological polar surface area (TPSA) is 61.7 Å². The van der Waals surface area contributed by atoms with Crippen LogP contribution in [0.15, 0.2) is 6.07 Å². The highest BCUT2D eigenvalue weighted by Gasteiger charge is 2.25. The number of hydrogen-bond donors (Lipinski definition) is 1. The number of hydrogen-bond acceptors (Lipinski definition) is 6. The molecule has 1 N–H and O–H groups in total. The fourth-order valence-electron chi connectivity index (χ4n) is 2.65. The molecule has 0 bridgehead atoms.